The van der Waals surface area contributed by atoms with E-state index in [0.29, 0.717) is 6.04 Å². The third-order valence-corrected chi connectivity index (χ3v) is 2.61. The average Bonchev–Trinajstić information content (AvgIpc) is 2.05. The van der Waals surface area contributed by atoms with Gasteiger partial charge in [0.2, 0.25) is 0 Å². The summed E-state index contributed by atoms with van der Waals surface area (Å²) in [6.45, 7) is 9.70. The summed E-state index contributed by atoms with van der Waals surface area (Å²) in [5.74, 6) is 0. The third-order valence-electron chi connectivity index (χ3n) is 2.61. The van der Waals surface area contributed by atoms with Crippen LogP contribution in [0.3, 0.4) is 0 Å². The minimum absolute atomic E-state index is 0.0592. The minimum atomic E-state index is -0.0592. The summed E-state index contributed by atoms with van der Waals surface area (Å²) in [5.41, 5.74) is -0.0592. The highest BCUT2D eigenvalue weighted by Gasteiger charge is 2.28. The molecule has 0 aromatic heterocycles. The van der Waals surface area contributed by atoms with Gasteiger partial charge in [0.15, 0.2) is 0 Å². The lowest BCUT2D eigenvalue weighted by molar-refractivity contribution is 0.0369. The molecule has 3 nitrogen and oxygen atoms in total. The highest BCUT2D eigenvalue weighted by Crippen LogP contribution is 2.15. The normalized spacial score (nSPS) is 27.5. The molecule has 1 heterocycles. The summed E-state index contributed by atoms with van der Waals surface area (Å²) in [6, 6.07) is 0.546. The van der Waals surface area contributed by atoms with Crippen LogP contribution in [0.25, 0.3) is 0 Å². The number of nitrogens with one attached hydrogen (secondary N) is 1. The van der Waals surface area contributed by atoms with Gasteiger partial charge in [-0.3, -0.25) is 4.90 Å². The van der Waals surface area contributed by atoms with E-state index in [2.05, 4.69) is 31.0 Å². The second kappa shape index (κ2) is 3.73. The first-order chi connectivity index (χ1) is 5.56. The highest BCUT2D eigenvalue weighted by atomic mass is 16.3. The third kappa shape index (κ3) is 2.19. The molecule has 0 aromatic rings. The van der Waals surface area contributed by atoms with Gasteiger partial charge in [-0.05, 0) is 20.8 Å². The van der Waals surface area contributed by atoms with Crippen LogP contribution in [-0.4, -0.2) is 47.8 Å². The van der Waals surface area contributed by atoms with Gasteiger partial charge >= 0.3 is 0 Å². The van der Waals surface area contributed by atoms with E-state index in [1.165, 1.54) is 0 Å². The van der Waals surface area contributed by atoms with E-state index < -0.39 is 0 Å². The van der Waals surface area contributed by atoms with Gasteiger partial charge in [-0.25, -0.2) is 0 Å². The zero-order valence-corrected chi connectivity index (χ0v) is 8.30. The molecular weight excluding hydrogens is 152 g/mol. The molecule has 1 unspecified atom stereocenters. The Morgan fingerprint density at radius 2 is 2.25 bits per heavy atom. The van der Waals surface area contributed by atoms with Gasteiger partial charge < -0.3 is 10.4 Å². The molecule has 0 bridgehead atoms. The van der Waals surface area contributed by atoms with Crippen LogP contribution >= 0.6 is 0 Å². The maximum absolute atomic E-state index is 9.17. The first-order valence-corrected chi connectivity index (χ1v) is 4.65. The summed E-state index contributed by atoms with van der Waals surface area (Å²) in [6.07, 6.45) is 0. The molecule has 0 saturated carbocycles. The maximum Gasteiger partial charge on any atom is 0.0610 e. The van der Waals surface area contributed by atoms with Gasteiger partial charge in [0.05, 0.1) is 6.61 Å². The van der Waals surface area contributed by atoms with E-state index >= 15 is 0 Å². The lowest BCUT2D eigenvalue weighted by Gasteiger charge is -2.42. The smallest absolute Gasteiger partial charge is 0.0610 e. The number of rotatable bonds is 2. The van der Waals surface area contributed by atoms with Crippen molar-refractivity contribution >= 4 is 0 Å². The maximum atomic E-state index is 9.17. The predicted octanol–water partition coefficient (Wildman–Crippen LogP) is 0.0510. The Morgan fingerprint density at radius 1 is 1.58 bits per heavy atom. The van der Waals surface area contributed by atoms with Gasteiger partial charge in [0.1, 0.15) is 0 Å². The van der Waals surface area contributed by atoms with Gasteiger partial charge in [0.25, 0.3) is 0 Å². The fourth-order valence-electron chi connectivity index (χ4n) is 1.58. The summed E-state index contributed by atoms with van der Waals surface area (Å²) in [7, 11) is 0. The number of aliphatic hydroxyl groups excluding tert-OH is 1. The van der Waals surface area contributed by atoms with Crippen molar-refractivity contribution in [1.82, 2.24) is 10.2 Å². The van der Waals surface area contributed by atoms with Crippen LogP contribution in [-0.2, 0) is 0 Å². The van der Waals surface area contributed by atoms with Gasteiger partial charge in [-0.1, -0.05) is 0 Å². The Kier molecular flexibility index (Phi) is 3.09. The summed E-state index contributed by atoms with van der Waals surface area (Å²) >= 11 is 0. The van der Waals surface area contributed by atoms with Gasteiger partial charge in [-0.15, -0.1) is 0 Å². The number of aliphatic hydroxyl groups is 1. The molecule has 0 spiro atoms. The molecule has 0 amide bonds. The standard InChI is InChI=1S/C9H20N2O/c1-8-6-11(5-4-10-8)9(2,3)7-12/h8,10,12H,4-7H2,1-3H3. The van der Waals surface area contributed by atoms with E-state index in [9.17, 15) is 5.11 Å². The second-order valence-electron chi connectivity index (χ2n) is 4.27. The molecule has 1 atom stereocenters. The van der Waals surface area contributed by atoms with Crippen LogP contribution in [0, 0.1) is 0 Å². The summed E-state index contributed by atoms with van der Waals surface area (Å²) in [4.78, 5) is 2.34. The van der Waals surface area contributed by atoms with Gasteiger partial charge in [0, 0.05) is 31.2 Å². The molecule has 12 heavy (non-hydrogen) atoms. The lowest BCUT2D eigenvalue weighted by atomic mass is 10.0. The first kappa shape index (κ1) is 9.96. The molecular formula is C9H20N2O. The van der Waals surface area contributed by atoms with E-state index in [4.69, 9.17) is 0 Å². The molecule has 1 saturated heterocycles. The summed E-state index contributed by atoms with van der Waals surface area (Å²) in [5, 5.41) is 12.6. The zero-order valence-electron chi connectivity index (χ0n) is 8.30. The van der Waals surface area contributed by atoms with E-state index in [-0.39, 0.29) is 12.1 Å². The van der Waals surface area contributed by atoms with E-state index in [1.54, 1.807) is 0 Å². The van der Waals surface area contributed by atoms with Crippen molar-refractivity contribution in [2.75, 3.05) is 26.2 Å². The first-order valence-electron chi connectivity index (χ1n) is 4.65. The van der Waals surface area contributed by atoms with Gasteiger partial charge in [-0.2, -0.15) is 0 Å². The average molecular weight is 172 g/mol. The zero-order chi connectivity index (χ0) is 9.19. The number of piperazine rings is 1. The molecule has 0 aromatic carbocycles. The van der Waals surface area contributed by atoms with Crippen molar-refractivity contribution in [2.45, 2.75) is 32.4 Å². The SMILES string of the molecule is CC1CN(C(C)(C)CO)CCN1. The quantitative estimate of drug-likeness (QED) is 0.618. The van der Waals surface area contributed by atoms with Crippen molar-refractivity contribution in [2.24, 2.45) is 0 Å². The van der Waals surface area contributed by atoms with Crippen molar-refractivity contribution in [3.05, 3.63) is 0 Å². The lowest BCUT2D eigenvalue weighted by Crippen LogP contribution is -2.58. The Morgan fingerprint density at radius 3 is 2.75 bits per heavy atom. The molecule has 0 aliphatic carbocycles. The molecule has 72 valence electrons. The Hall–Kier alpha value is -0.120. The van der Waals surface area contributed by atoms with Crippen molar-refractivity contribution < 1.29 is 5.11 Å². The molecule has 1 aliphatic heterocycles. The van der Waals surface area contributed by atoms with Crippen molar-refractivity contribution in [3.8, 4) is 0 Å². The number of hydrogen-bond donors (Lipinski definition) is 2. The van der Waals surface area contributed by atoms with Crippen LogP contribution in [0.15, 0.2) is 0 Å². The molecule has 1 aliphatic rings. The van der Waals surface area contributed by atoms with Crippen LogP contribution in [0.4, 0.5) is 0 Å². The summed E-state index contributed by atoms with van der Waals surface area (Å²) < 4.78 is 0. The minimum Gasteiger partial charge on any atom is -0.394 e. The second-order valence-corrected chi connectivity index (χ2v) is 4.27. The molecule has 3 heteroatoms. The van der Waals surface area contributed by atoms with Crippen molar-refractivity contribution in [3.63, 3.8) is 0 Å². The van der Waals surface area contributed by atoms with Crippen molar-refractivity contribution in [1.29, 1.82) is 0 Å². The molecule has 1 rings (SSSR count). The fourth-order valence-corrected chi connectivity index (χ4v) is 1.58. The topological polar surface area (TPSA) is 35.5 Å². The Labute approximate surface area is 74.8 Å². The highest BCUT2D eigenvalue weighted by molar-refractivity contribution is 4.86. The number of hydrogen-bond acceptors (Lipinski definition) is 3. The molecule has 2 N–H and O–H groups in total. The van der Waals surface area contributed by atoms with Crippen LogP contribution in [0.5, 0.6) is 0 Å². The van der Waals surface area contributed by atoms with E-state index in [1.807, 2.05) is 0 Å². The van der Waals surface area contributed by atoms with Crippen LogP contribution in [0.1, 0.15) is 20.8 Å². The molecule has 0 radical (unpaired) electrons. The van der Waals surface area contributed by atoms with E-state index in [0.717, 1.165) is 19.6 Å². The monoisotopic (exact) mass is 172 g/mol. The van der Waals surface area contributed by atoms with Crippen LogP contribution < -0.4 is 5.32 Å². The Balaban J connectivity index is 2.50. The largest absolute Gasteiger partial charge is 0.394 e. The van der Waals surface area contributed by atoms with Crippen LogP contribution in [0.2, 0.25) is 0 Å². The number of nitrogens with zero attached hydrogens (tertiary/aromatic N) is 1. The molecule has 1 fully saturated rings. The fraction of sp³-hybridized carbons (Fsp3) is 1.00. The Bertz CT molecular complexity index is 147. The predicted molar refractivity (Wildman–Crippen MR) is 50.2 cm³/mol.